The summed E-state index contributed by atoms with van der Waals surface area (Å²) in [7, 11) is 0. The fourth-order valence-corrected chi connectivity index (χ4v) is 2.86. The minimum absolute atomic E-state index is 0.120. The first-order chi connectivity index (χ1) is 11.3. The average molecular weight is 345 g/mol. The Morgan fingerprint density at radius 2 is 2.08 bits per heavy atom. The average Bonchev–Trinajstić information content (AvgIpc) is 3.04. The molecular weight excluding hydrogens is 330 g/mol. The van der Waals surface area contributed by atoms with E-state index in [0.29, 0.717) is 23.3 Å². The van der Waals surface area contributed by atoms with Crippen molar-refractivity contribution in [3.8, 4) is 0 Å². The van der Waals surface area contributed by atoms with Gasteiger partial charge in [0.1, 0.15) is 5.82 Å². The van der Waals surface area contributed by atoms with Crippen LogP contribution in [-0.4, -0.2) is 49.0 Å². The normalized spacial score (nSPS) is 22.2. The Morgan fingerprint density at radius 3 is 2.79 bits per heavy atom. The lowest BCUT2D eigenvalue weighted by Crippen LogP contribution is -2.25. The smallest absolute Gasteiger partial charge is 0.392 e. The van der Waals surface area contributed by atoms with Crippen LogP contribution in [0.2, 0.25) is 0 Å². The molecule has 2 heterocycles. The number of aliphatic hydroxyl groups is 1. The van der Waals surface area contributed by atoms with Crippen LogP contribution in [0.15, 0.2) is 24.3 Å². The highest BCUT2D eigenvalue weighted by Gasteiger charge is 2.34. The van der Waals surface area contributed by atoms with Crippen LogP contribution in [0, 0.1) is 5.82 Å². The fourth-order valence-electron chi connectivity index (χ4n) is 2.86. The molecule has 1 N–H and O–H groups in total. The third-order valence-corrected chi connectivity index (χ3v) is 3.77. The third-order valence-electron chi connectivity index (χ3n) is 3.77. The number of likely N-dealkylation sites (tertiary alicyclic amines) is 1. The predicted molar refractivity (Wildman–Crippen MR) is 74.0 cm³/mol. The maximum absolute atomic E-state index is 13.4. The molecule has 1 fully saturated rings. The van der Waals surface area contributed by atoms with E-state index in [4.69, 9.17) is 0 Å². The molecule has 24 heavy (non-hydrogen) atoms. The lowest BCUT2D eigenvalue weighted by Gasteiger charge is -2.22. The Morgan fingerprint density at radius 1 is 1.29 bits per heavy atom. The fraction of sp³-hybridized carbons (Fsp3) is 0.500. The first-order valence-corrected chi connectivity index (χ1v) is 7.31. The molecule has 130 valence electrons. The summed E-state index contributed by atoms with van der Waals surface area (Å²) in [5, 5.41) is 20.6. The van der Waals surface area contributed by atoms with Gasteiger partial charge in [-0.1, -0.05) is 12.1 Å². The van der Waals surface area contributed by atoms with Gasteiger partial charge in [0.15, 0.2) is 12.4 Å². The second-order valence-electron chi connectivity index (χ2n) is 5.74. The van der Waals surface area contributed by atoms with Crippen molar-refractivity contribution < 1.29 is 22.7 Å². The maximum Gasteiger partial charge on any atom is 0.409 e. The Balaban J connectivity index is 1.73. The Kier molecular flexibility index (Phi) is 4.50. The summed E-state index contributed by atoms with van der Waals surface area (Å²) in [5.74, 6) is -0.266. The number of β-amino-alcohol motifs (C(OH)–C–C–N with tert-alkyl or cyclic N) is 1. The lowest BCUT2D eigenvalue weighted by molar-refractivity contribution is -0.145. The molecule has 2 unspecified atom stereocenters. The van der Waals surface area contributed by atoms with Gasteiger partial charge in [-0.05, 0) is 29.3 Å². The number of alkyl halides is 3. The molecular formula is C14H15F4N5O. The Labute approximate surface area is 134 Å². The highest BCUT2D eigenvalue weighted by molar-refractivity contribution is 5.21. The zero-order chi connectivity index (χ0) is 17.3. The number of tetrazole rings is 1. The highest BCUT2D eigenvalue weighted by atomic mass is 19.4. The van der Waals surface area contributed by atoms with Crippen molar-refractivity contribution in [2.45, 2.75) is 37.8 Å². The summed E-state index contributed by atoms with van der Waals surface area (Å²) in [5.41, 5.74) is 0.689. The van der Waals surface area contributed by atoms with E-state index >= 15 is 0 Å². The monoisotopic (exact) mass is 345 g/mol. The van der Waals surface area contributed by atoms with Gasteiger partial charge in [0.2, 0.25) is 0 Å². The summed E-state index contributed by atoms with van der Waals surface area (Å²) < 4.78 is 50.4. The molecule has 1 aliphatic rings. The van der Waals surface area contributed by atoms with Crippen LogP contribution in [0.5, 0.6) is 0 Å². The van der Waals surface area contributed by atoms with Gasteiger partial charge in [0.25, 0.3) is 0 Å². The molecule has 0 bridgehead atoms. The number of halogens is 4. The molecule has 6 nitrogen and oxygen atoms in total. The van der Waals surface area contributed by atoms with Crippen molar-refractivity contribution in [3.05, 3.63) is 41.5 Å². The van der Waals surface area contributed by atoms with Gasteiger partial charge in [-0.15, -0.1) is 10.2 Å². The number of benzene rings is 1. The van der Waals surface area contributed by atoms with Crippen LogP contribution in [0.25, 0.3) is 0 Å². The van der Waals surface area contributed by atoms with Gasteiger partial charge in [-0.2, -0.15) is 18.0 Å². The first-order valence-electron chi connectivity index (χ1n) is 7.31. The van der Waals surface area contributed by atoms with Crippen LogP contribution in [0.1, 0.15) is 23.9 Å². The molecule has 1 aliphatic heterocycles. The van der Waals surface area contributed by atoms with Crippen molar-refractivity contribution in [2.24, 2.45) is 0 Å². The van der Waals surface area contributed by atoms with Gasteiger partial charge in [-0.25, -0.2) is 4.39 Å². The van der Waals surface area contributed by atoms with E-state index in [1.165, 1.54) is 12.1 Å². The van der Waals surface area contributed by atoms with Gasteiger partial charge in [0.05, 0.1) is 12.6 Å². The predicted octanol–water partition coefficient (Wildman–Crippen LogP) is 1.68. The second kappa shape index (κ2) is 6.44. The summed E-state index contributed by atoms with van der Waals surface area (Å²) in [6.07, 6.45) is -4.63. The number of nitrogens with zero attached hydrogens (tertiary/aromatic N) is 5. The minimum Gasteiger partial charge on any atom is -0.392 e. The maximum atomic E-state index is 13.4. The summed E-state index contributed by atoms with van der Waals surface area (Å²) >= 11 is 0. The molecule has 0 saturated carbocycles. The highest BCUT2D eigenvalue weighted by Crippen LogP contribution is 2.33. The van der Waals surface area contributed by atoms with E-state index in [0.717, 1.165) is 0 Å². The third kappa shape index (κ3) is 4.06. The standard InChI is InChI=1S/C14H15F4N5O/c15-10-3-1-2-9(4-10)12-5-11(24)6-22(12)7-13-19-21-23(20-13)8-14(16,17)18/h1-4,11-12,24H,5-8H2. The van der Waals surface area contributed by atoms with Crippen molar-refractivity contribution in [1.29, 1.82) is 0 Å². The topological polar surface area (TPSA) is 67.1 Å². The molecule has 0 amide bonds. The zero-order valence-electron chi connectivity index (χ0n) is 12.5. The van der Waals surface area contributed by atoms with E-state index in [1.54, 1.807) is 17.0 Å². The summed E-state index contributed by atoms with van der Waals surface area (Å²) in [6, 6.07) is 5.76. The lowest BCUT2D eigenvalue weighted by atomic mass is 10.0. The number of rotatable bonds is 4. The quantitative estimate of drug-likeness (QED) is 0.854. The van der Waals surface area contributed by atoms with Crippen LogP contribution < -0.4 is 0 Å². The molecule has 0 spiro atoms. The Bertz CT molecular complexity index is 704. The molecule has 3 rings (SSSR count). The molecule has 0 aliphatic carbocycles. The van der Waals surface area contributed by atoms with Crippen LogP contribution in [0.4, 0.5) is 17.6 Å². The number of aromatic nitrogens is 4. The van der Waals surface area contributed by atoms with Gasteiger partial charge >= 0.3 is 6.18 Å². The number of hydrogen-bond acceptors (Lipinski definition) is 5. The SMILES string of the molecule is OC1CC(c2cccc(F)c2)N(Cc2nnn(CC(F)(F)F)n2)C1. The summed E-state index contributed by atoms with van der Waals surface area (Å²) in [6.45, 7) is -0.888. The minimum atomic E-state index is -4.42. The van der Waals surface area contributed by atoms with Crippen LogP contribution >= 0.6 is 0 Å². The van der Waals surface area contributed by atoms with Crippen molar-refractivity contribution in [1.82, 2.24) is 25.1 Å². The zero-order valence-corrected chi connectivity index (χ0v) is 12.5. The van der Waals surface area contributed by atoms with Gasteiger partial charge in [-0.3, -0.25) is 4.90 Å². The van der Waals surface area contributed by atoms with E-state index in [1.807, 2.05) is 0 Å². The molecule has 2 aromatic rings. The van der Waals surface area contributed by atoms with Crippen molar-refractivity contribution in [2.75, 3.05) is 6.54 Å². The van der Waals surface area contributed by atoms with Crippen molar-refractivity contribution >= 4 is 0 Å². The van der Waals surface area contributed by atoms with E-state index < -0.39 is 18.8 Å². The van der Waals surface area contributed by atoms with Crippen molar-refractivity contribution in [3.63, 3.8) is 0 Å². The Hall–Kier alpha value is -2.07. The van der Waals surface area contributed by atoms with E-state index in [-0.39, 0.29) is 24.2 Å². The largest absolute Gasteiger partial charge is 0.409 e. The van der Waals surface area contributed by atoms with Crippen LogP contribution in [-0.2, 0) is 13.1 Å². The van der Waals surface area contributed by atoms with E-state index in [9.17, 15) is 22.7 Å². The molecule has 0 radical (unpaired) electrons. The molecule has 10 heteroatoms. The molecule has 1 aromatic heterocycles. The first kappa shape index (κ1) is 16.8. The van der Waals surface area contributed by atoms with Gasteiger partial charge < -0.3 is 5.11 Å². The van der Waals surface area contributed by atoms with Crippen LogP contribution in [0.3, 0.4) is 0 Å². The number of aliphatic hydroxyl groups excluding tert-OH is 1. The number of hydrogen-bond donors (Lipinski definition) is 1. The van der Waals surface area contributed by atoms with E-state index in [2.05, 4.69) is 15.4 Å². The molecule has 1 aromatic carbocycles. The molecule has 2 atom stereocenters. The van der Waals surface area contributed by atoms with Gasteiger partial charge in [0, 0.05) is 12.6 Å². The summed E-state index contributed by atoms with van der Waals surface area (Å²) in [4.78, 5) is 2.29. The molecule has 1 saturated heterocycles. The second-order valence-corrected chi connectivity index (χ2v) is 5.74.